The number of hydrogen-bond donors (Lipinski definition) is 1. The minimum absolute atomic E-state index is 0.129. The molecule has 30 heavy (non-hydrogen) atoms. The number of ether oxygens (including phenoxy) is 2. The van der Waals surface area contributed by atoms with Gasteiger partial charge in [-0.2, -0.15) is 0 Å². The fourth-order valence-corrected chi connectivity index (χ4v) is 4.21. The van der Waals surface area contributed by atoms with Crippen LogP contribution in [-0.2, 0) is 14.3 Å². The second-order valence-corrected chi connectivity index (χ2v) is 7.89. The largest absolute Gasteiger partial charge is 0.488 e. The molecule has 2 radical (unpaired) electrons. The standard InChI is InChI=1S/C23H25BN2O4/c1-3-16-13-23(16,22(28)29-4-2)25-21(27)19-12-17(14-26(19)24)30-20-11-7-9-15-8-5-6-10-18(15)20/h3,5-11,16-17,19H,1,4,12-14H2,2H3,(H,25,27)/t16-,17-,19+,23-/m1/s1. The van der Waals surface area contributed by atoms with Gasteiger partial charge in [0.1, 0.15) is 17.4 Å². The molecule has 0 aromatic heterocycles. The van der Waals surface area contributed by atoms with Crippen molar-refractivity contribution in [1.29, 1.82) is 0 Å². The SMILES string of the molecule is [B]N1C[C@H](Oc2cccc3ccccc23)C[C@H]1C(=O)N[C@]1(C(=O)OCC)C[C@H]1C=C. The Bertz CT molecular complexity index is 975. The van der Waals surface area contributed by atoms with Crippen molar-refractivity contribution in [3.63, 3.8) is 0 Å². The monoisotopic (exact) mass is 404 g/mol. The highest BCUT2D eigenvalue weighted by Gasteiger charge is 2.61. The number of fused-ring (bicyclic) bond motifs is 1. The van der Waals surface area contributed by atoms with Crippen molar-refractivity contribution in [2.45, 2.75) is 37.5 Å². The number of rotatable bonds is 7. The van der Waals surface area contributed by atoms with Gasteiger partial charge in [0.2, 0.25) is 5.91 Å². The van der Waals surface area contributed by atoms with Crippen LogP contribution in [0.4, 0.5) is 0 Å². The summed E-state index contributed by atoms with van der Waals surface area (Å²) in [7, 11) is 6.13. The molecule has 4 atom stereocenters. The van der Waals surface area contributed by atoms with Gasteiger partial charge in [-0.3, -0.25) is 4.79 Å². The molecule has 2 aromatic rings. The van der Waals surface area contributed by atoms with Crippen molar-refractivity contribution in [3.8, 4) is 5.75 Å². The van der Waals surface area contributed by atoms with Crippen LogP contribution in [-0.4, -0.2) is 55.5 Å². The fraction of sp³-hybridized carbons (Fsp3) is 0.391. The quantitative estimate of drug-likeness (QED) is 0.436. The Morgan fingerprint density at radius 2 is 2.07 bits per heavy atom. The predicted octanol–water partition coefficient (Wildman–Crippen LogP) is 2.37. The number of amides is 1. The van der Waals surface area contributed by atoms with Gasteiger partial charge < -0.3 is 19.6 Å². The van der Waals surface area contributed by atoms with Crippen molar-refractivity contribution in [2.24, 2.45) is 5.92 Å². The van der Waals surface area contributed by atoms with E-state index >= 15 is 0 Å². The lowest BCUT2D eigenvalue weighted by molar-refractivity contribution is -0.149. The van der Waals surface area contributed by atoms with Gasteiger partial charge >= 0.3 is 5.97 Å². The van der Waals surface area contributed by atoms with Crippen molar-refractivity contribution in [3.05, 3.63) is 55.1 Å². The summed E-state index contributed by atoms with van der Waals surface area (Å²) >= 11 is 0. The highest BCUT2D eigenvalue weighted by molar-refractivity contribution is 6.07. The first-order chi connectivity index (χ1) is 14.5. The van der Waals surface area contributed by atoms with E-state index in [0.717, 1.165) is 16.5 Å². The summed E-state index contributed by atoms with van der Waals surface area (Å²) < 4.78 is 11.4. The molecule has 7 heteroatoms. The Morgan fingerprint density at radius 1 is 1.30 bits per heavy atom. The average Bonchev–Trinajstić information content (AvgIpc) is 3.34. The summed E-state index contributed by atoms with van der Waals surface area (Å²) in [5, 5.41) is 4.99. The molecular weight excluding hydrogens is 379 g/mol. The summed E-state index contributed by atoms with van der Waals surface area (Å²) in [4.78, 5) is 26.8. The zero-order chi connectivity index (χ0) is 21.3. The molecule has 6 nitrogen and oxygen atoms in total. The molecule has 2 aromatic carbocycles. The van der Waals surface area contributed by atoms with Crippen LogP contribution in [0.15, 0.2) is 55.1 Å². The molecular formula is C23H25BN2O4. The smallest absolute Gasteiger partial charge is 0.332 e. The molecule has 2 aliphatic rings. The second kappa shape index (κ2) is 8.15. The first-order valence-corrected chi connectivity index (χ1v) is 10.3. The average molecular weight is 404 g/mol. The van der Waals surface area contributed by atoms with Crippen molar-refractivity contribution in [2.75, 3.05) is 13.2 Å². The number of nitrogens with zero attached hydrogens (tertiary/aromatic N) is 1. The normalized spacial score (nSPS) is 28.1. The molecule has 4 rings (SSSR count). The van der Waals surface area contributed by atoms with Gasteiger partial charge in [0, 0.05) is 24.3 Å². The number of esters is 1. The number of nitrogens with one attached hydrogen (secondary N) is 1. The number of carbonyl (C=O) groups excluding carboxylic acids is 2. The third kappa shape index (κ3) is 3.70. The maximum absolute atomic E-state index is 13.0. The molecule has 154 valence electrons. The van der Waals surface area contributed by atoms with Gasteiger partial charge in [0.05, 0.1) is 12.6 Å². The van der Waals surface area contributed by atoms with Crippen LogP contribution in [0.5, 0.6) is 5.75 Å². The van der Waals surface area contributed by atoms with E-state index in [0.29, 0.717) is 19.4 Å². The van der Waals surface area contributed by atoms with Crippen LogP contribution < -0.4 is 10.1 Å². The van der Waals surface area contributed by atoms with Crippen molar-refractivity contribution < 1.29 is 19.1 Å². The Balaban J connectivity index is 1.44. The highest BCUT2D eigenvalue weighted by atomic mass is 16.5. The zero-order valence-electron chi connectivity index (χ0n) is 17.0. The summed E-state index contributed by atoms with van der Waals surface area (Å²) in [6.07, 6.45) is 2.38. The first kappa shape index (κ1) is 20.5. The van der Waals surface area contributed by atoms with Gasteiger partial charge in [-0.15, -0.1) is 6.58 Å². The molecule has 1 amide bonds. The molecule has 1 N–H and O–H groups in total. The summed E-state index contributed by atoms with van der Waals surface area (Å²) in [6.45, 7) is 6.17. The molecule has 0 spiro atoms. The highest BCUT2D eigenvalue weighted by Crippen LogP contribution is 2.45. The molecule has 0 bridgehead atoms. The third-order valence-electron chi connectivity index (χ3n) is 5.93. The lowest BCUT2D eigenvalue weighted by atomic mass is 10.1. The van der Waals surface area contributed by atoms with E-state index in [1.807, 2.05) is 42.5 Å². The van der Waals surface area contributed by atoms with E-state index in [1.54, 1.807) is 13.0 Å². The molecule has 1 aliphatic carbocycles. The van der Waals surface area contributed by atoms with E-state index in [9.17, 15) is 9.59 Å². The fourth-order valence-electron chi connectivity index (χ4n) is 4.21. The second-order valence-electron chi connectivity index (χ2n) is 7.89. The van der Waals surface area contributed by atoms with E-state index in [2.05, 4.69) is 11.9 Å². The molecule has 1 aliphatic heterocycles. The van der Waals surface area contributed by atoms with Crippen LogP contribution in [0.25, 0.3) is 10.8 Å². The van der Waals surface area contributed by atoms with Crippen molar-refractivity contribution in [1.82, 2.24) is 10.1 Å². The summed E-state index contributed by atoms with van der Waals surface area (Å²) in [5.41, 5.74) is -1.02. The molecule has 1 saturated carbocycles. The van der Waals surface area contributed by atoms with Gasteiger partial charge in [0.25, 0.3) is 0 Å². The lowest BCUT2D eigenvalue weighted by Crippen LogP contribution is -2.52. The van der Waals surface area contributed by atoms with Crippen LogP contribution in [0.3, 0.4) is 0 Å². The van der Waals surface area contributed by atoms with E-state index in [1.165, 1.54) is 4.81 Å². The van der Waals surface area contributed by atoms with Crippen molar-refractivity contribution >= 4 is 30.6 Å². The van der Waals surface area contributed by atoms with E-state index in [-0.39, 0.29) is 24.5 Å². The Morgan fingerprint density at radius 3 is 2.80 bits per heavy atom. The predicted molar refractivity (Wildman–Crippen MR) is 115 cm³/mol. The molecule has 1 heterocycles. The van der Waals surface area contributed by atoms with Crippen LogP contribution in [0, 0.1) is 5.92 Å². The molecule has 0 unspecified atom stereocenters. The lowest BCUT2D eigenvalue weighted by Gasteiger charge is -2.23. The number of benzene rings is 2. The zero-order valence-corrected chi connectivity index (χ0v) is 17.0. The van der Waals surface area contributed by atoms with Crippen LogP contribution >= 0.6 is 0 Å². The maximum atomic E-state index is 13.0. The van der Waals surface area contributed by atoms with E-state index < -0.39 is 17.6 Å². The summed E-state index contributed by atoms with van der Waals surface area (Å²) in [6, 6.07) is 13.3. The van der Waals surface area contributed by atoms with Gasteiger partial charge in [-0.25, -0.2) is 4.79 Å². The van der Waals surface area contributed by atoms with Crippen LogP contribution in [0.1, 0.15) is 19.8 Å². The molecule has 2 fully saturated rings. The third-order valence-corrected chi connectivity index (χ3v) is 5.93. The maximum Gasteiger partial charge on any atom is 0.332 e. The number of carbonyl (C=O) groups is 2. The van der Waals surface area contributed by atoms with Gasteiger partial charge in [-0.05, 0) is 24.8 Å². The van der Waals surface area contributed by atoms with Gasteiger partial charge in [0.15, 0.2) is 7.98 Å². The van der Waals surface area contributed by atoms with Gasteiger partial charge in [-0.1, -0.05) is 42.5 Å². The minimum Gasteiger partial charge on any atom is -0.488 e. The minimum atomic E-state index is -1.02. The Labute approximate surface area is 177 Å². The van der Waals surface area contributed by atoms with Crippen LogP contribution in [0.2, 0.25) is 0 Å². The first-order valence-electron chi connectivity index (χ1n) is 10.3. The Kier molecular flexibility index (Phi) is 5.56. The molecule has 1 saturated heterocycles. The van der Waals surface area contributed by atoms with E-state index in [4.69, 9.17) is 17.5 Å². The number of hydrogen-bond acceptors (Lipinski definition) is 5. The topological polar surface area (TPSA) is 67.9 Å². The summed E-state index contributed by atoms with van der Waals surface area (Å²) in [5.74, 6) is -0.0763. The Hall–Kier alpha value is -2.80.